The van der Waals surface area contributed by atoms with E-state index in [1.54, 1.807) is 21.7 Å². The van der Waals surface area contributed by atoms with Gasteiger partial charge in [0.2, 0.25) is 0 Å². The lowest BCUT2D eigenvalue weighted by molar-refractivity contribution is 0.0979. The first-order chi connectivity index (χ1) is 12.1. The van der Waals surface area contributed by atoms with Crippen molar-refractivity contribution < 1.29 is 4.79 Å². The summed E-state index contributed by atoms with van der Waals surface area (Å²) in [5, 5.41) is 8.92. The second-order valence-electron chi connectivity index (χ2n) is 6.10. The van der Waals surface area contributed by atoms with E-state index in [1.165, 1.54) is 5.56 Å². The quantitative estimate of drug-likeness (QED) is 0.704. The second-order valence-corrected chi connectivity index (χ2v) is 6.54. The fraction of sp³-hybridized carbons (Fsp3) is 0.211. The molecule has 1 aromatic heterocycles. The highest BCUT2D eigenvalue weighted by Crippen LogP contribution is 2.28. The number of anilines is 1. The van der Waals surface area contributed by atoms with E-state index < -0.39 is 0 Å². The van der Waals surface area contributed by atoms with Gasteiger partial charge in [-0.2, -0.15) is 0 Å². The van der Waals surface area contributed by atoms with Crippen molar-refractivity contribution in [3.8, 4) is 5.69 Å². The van der Waals surface area contributed by atoms with Crippen LogP contribution in [0.15, 0.2) is 48.5 Å². The third kappa shape index (κ3) is 2.81. The molecule has 5 nitrogen and oxygen atoms in total. The minimum Gasteiger partial charge on any atom is -0.307 e. The highest BCUT2D eigenvalue weighted by Gasteiger charge is 2.27. The number of carbonyl (C=O) groups is 1. The Kier molecular flexibility index (Phi) is 4.01. The van der Waals surface area contributed by atoms with Gasteiger partial charge in [-0.1, -0.05) is 41.1 Å². The van der Waals surface area contributed by atoms with Gasteiger partial charge in [-0.15, -0.1) is 5.10 Å². The summed E-state index contributed by atoms with van der Waals surface area (Å²) in [6, 6.07) is 15.4. The van der Waals surface area contributed by atoms with E-state index in [9.17, 15) is 4.79 Å². The zero-order valence-electron chi connectivity index (χ0n) is 13.8. The number of hydrogen-bond donors (Lipinski definition) is 0. The van der Waals surface area contributed by atoms with Crippen molar-refractivity contribution in [1.29, 1.82) is 0 Å². The molecular formula is C19H17ClN4O. The van der Waals surface area contributed by atoms with Gasteiger partial charge >= 0.3 is 0 Å². The van der Waals surface area contributed by atoms with Gasteiger partial charge in [0.25, 0.3) is 5.91 Å². The maximum Gasteiger partial charge on any atom is 0.280 e. The number of aryl methyl sites for hydroxylation is 1. The number of rotatable bonds is 2. The number of amides is 1. The zero-order chi connectivity index (χ0) is 17.4. The SMILES string of the molecule is Cc1c(C(=O)N2CCCc3ccccc32)nnn1-c1cccc(Cl)c1. The maximum absolute atomic E-state index is 13.1. The summed E-state index contributed by atoms with van der Waals surface area (Å²) in [6.45, 7) is 2.54. The Hall–Kier alpha value is -2.66. The van der Waals surface area contributed by atoms with Gasteiger partial charge in [-0.3, -0.25) is 4.79 Å². The molecule has 0 spiro atoms. The molecule has 1 aliphatic rings. The molecular weight excluding hydrogens is 336 g/mol. The number of aromatic nitrogens is 3. The summed E-state index contributed by atoms with van der Waals surface area (Å²) in [5.74, 6) is -0.113. The van der Waals surface area contributed by atoms with E-state index in [1.807, 2.05) is 37.3 Å². The summed E-state index contributed by atoms with van der Waals surface area (Å²) in [5.41, 5.74) is 4.03. The molecule has 0 N–H and O–H groups in total. The third-order valence-corrected chi connectivity index (χ3v) is 4.74. The van der Waals surface area contributed by atoms with Gasteiger partial charge < -0.3 is 4.90 Å². The highest BCUT2D eigenvalue weighted by molar-refractivity contribution is 6.30. The van der Waals surface area contributed by atoms with Crippen molar-refractivity contribution in [2.45, 2.75) is 19.8 Å². The highest BCUT2D eigenvalue weighted by atomic mass is 35.5. The van der Waals surface area contributed by atoms with Crippen LogP contribution >= 0.6 is 11.6 Å². The molecule has 25 heavy (non-hydrogen) atoms. The lowest BCUT2D eigenvalue weighted by Gasteiger charge is -2.28. The summed E-state index contributed by atoms with van der Waals surface area (Å²) in [4.78, 5) is 14.9. The zero-order valence-corrected chi connectivity index (χ0v) is 14.6. The van der Waals surface area contributed by atoms with Crippen molar-refractivity contribution >= 4 is 23.2 Å². The summed E-state index contributed by atoms with van der Waals surface area (Å²) in [6.07, 6.45) is 1.94. The van der Waals surface area contributed by atoms with Gasteiger partial charge in [0, 0.05) is 17.3 Å². The second kappa shape index (κ2) is 6.33. The summed E-state index contributed by atoms with van der Waals surface area (Å²) >= 11 is 6.06. The fourth-order valence-electron chi connectivity index (χ4n) is 3.25. The normalized spacial score (nSPS) is 13.6. The molecule has 1 amide bonds. The maximum atomic E-state index is 13.1. The van der Waals surface area contributed by atoms with Crippen LogP contribution in [0.1, 0.15) is 28.2 Å². The van der Waals surface area contributed by atoms with Crippen LogP contribution in [-0.2, 0) is 6.42 Å². The number of hydrogen-bond acceptors (Lipinski definition) is 3. The molecule has 0 saturated carbocycles. The molecule has 0 saturated heterocycles. The number of nitrogens with zero attached hydrogens (tertiary/aromatic N) is 4. The Balaban J connectivity index is 1.71. The molecule has 0 fully saturated rings. The summed E-state index contributed by atoms with van der Waals surface area (Å²) in [7, 11) is 0. The molecule has 1 aliphatic heterocycles. The molecule has 4 rings (SSSR count). The number of benzene rings is 2. The van der Waals surface area contributed by atoms with Gasteiger partial charge in [-0.05, 0) is 49.6 Å². The minimum absolute atomic E-state index is 0.113. The Labute approximate surface area is 150 Å². The standard InChI is InChI=1S/C19H17ClN4O/c1-13-18(21-22-24(13)16-9-4-8-15(20)12-16)19(25)23-11-5-7-14-6-2-3-10-17(14)23/h2-4,6,8-10,12H,5,7,11H2,1H3. The Bertz CT molecular complexity index is 950. The van der Waals surface area contributed by atoms with E-state index in [0.29, 0.717) is 23.0 Å². The molecule has 0 aliphatic carbocycles. The lowest BCUT2D eigenvalue weighted by Crippen LogP contribution is -2.36. The third-order valence-electron chi connectivity index (χ3n) is 4.51. The van der Waals surface area contributed by atoms with Gasteiger partial charge in [0.05, 0.1) is 11.4 Å². The van der Waals surface area contributed by atoms with Gasteiger partial charge in [-0.25, -0.2) is 4.68 Å². The van der Waals surface area contributed by atoms with E-state index in [2.05, 4.69) is 16.4 Å². The van der Waals surface area contributed by atoms with E-state index >= 15 is 0 Å². The molecule has 2 heterocycles. The van der Waals surface area contributed by atoms with Crippen LogP contribution in [0.3, 0.4) is 0 Å². The van der Waals surface area contributed by atoms with E-state index in [0.717, 1.165) is 24.2 Å². The Morgan fingerprint density at radius 1 is 1.16 bits per heavy atom. The van der Waals surface area contributed by atoms with Crippen molar-refractivity contribution in [2.24, 2.45) is 0 Å². The first-order valence-electron chi connectivity index (χ1n) is 8.23. The average Bonchev–Trinajstić information content (AvgIpc) is 3.02. The fourth-order valence-corrected chi connectivity index (χ4v) is 3.44. The van der Waals surface area contributed by atoms with Gasteiger partial charge in [0.1, 0.15) is 0 Å². The minimum atomic E-state index is -0.113. The van der Waals surface area contributed by atoms with Crippen LogP contribution in [-0.4, -0.2) is 27.4 Å². The smallest absolute Gasteiger partial charge is 0.280 e. The molecule has 2 aromatic carbocycles. The molecule has 6 heteroatoms. The number of para-hydroxylation sites is 1. The Morgan fingerprint density at radius 3 is 2.84 bits per heavy atom. The topological polar surface area (TPSA) is 51.0 Å². The molecule has 126 valence electrons. The van der Waals surface area contributed by atoms with Crippen molar-refractivity contribution in [1.82, 2.24) is 15.0 Å². The predicted molar refractivity (Wildman–Crippen MR) is 97.5 cm³/mol. The van der Waals surface area contributed by atoms with Crippen LogP contribution in [0.4, 0.5) is 5.69 Å². The number of carbonyl (C=O) groups excluding carboxylic acids is 1. The number of halogens is 1. The molecule has 0 radical (unpaired) electrons. The van der Waals surface area contributed by atoms with Crippen LogP contribution in [0.25, 0.3) is 5.69 Å². The largest absolute Gasteiger partial charge is 0.307 e. The van der Waals surface area contributed by atoms with E-state index in [4.69, 9.17) is 11.6 Å². The van der Waals surface area contributed by atoms with Crippen molar-refractivity contribution in [2.75, 3.05) is 11.4 Å². The van der Waals surface area contributed by atoms with Crippen molar-refractivity contribution in [3.63, 3.8) is 0 Å². The molecule has 0 unspecified atom stereocenters. The van der Waals surface area contributed by atoms with Crippen molar-refractivity contribution in [3.05, 3.63) is 70.5 Å². The van der Waals surface area contributed by atoms with Crippen LogP contribution in [0.2, 0.25) is 5.02 Å². The lowest BCUT2D eigenvalue weighted by atomic mass is 10.0. The number of fused-ring (bicyclic) bond motifs is 1. The molecule has 0 bridgehead atoms. The molecule has 3 aromatic rings. The molecule has 0 atom stereocenters. The van der Waals surface area contributed by atoms with E-state index in [-0.39, 0.29) is 5.91 Å². The average molecular weight is 353 g/mol. The first kappa shape index (κ1) is 15.8. The van der Waals surface area contributed by atoms with Crippen LogP contribution in [0, 0.1) is 6.92 Å². The summed E-state index contributed by atoms with van der Waals surface area (Å²) < 4.78 is 1.65. The predicted octanol–water partition coefficient (Wildman–Crippen LogP) is 3.82. The first-order valence-corrected chi connectivity index (χ1v) is 8.61. The van der Waals surface area contributed by atoms with Crippen LogP contribution in [0.5, 0.6) is 0 Å². The Morgan fingerprint density at radius 2 is 2.00 bits per heavy atom. The van der Waals surface area contributed by atoms with Crippen LogP contribution < -0.4 is 4.90 Å². The monoisotopic (exact) mass is 352 g/mol. The van der Waals surface area contributed by atoms with Gasteiger partial charge in [0.15, 0.2) is 5.69 Å².